The van der Waals surface area contributed by atoms with Crippen molar-refractivity contribution in [2.45, 2.75) is 18.2 Å². The predicted octanol–water partition coefficient (Wildman–Crippen LogP) is 2.99. The second-order valence-electron chi connectivity index (χ2n) is 5.15. The van der Waals surface area contributed by atoms with Crippen LogP contribution in [0.5, 0.6) is 5.75 Å². The Hall–Kier alpha value is -0.450. The van der Waals surface area contributed by atoms with Crippen LogP contribution in [-0.4, -0.2) is 26.5 Å². The topological polar surface area (TPSA) is 43.4 Å². The van der Waals surface area contributed by atoms with Crippen LogP contribution in [0.3, 0.4) is 0 Å². The van der Waals surface area contributed by atoms with E-state index < -0.39 is 9.84 Å². The van der Waals surface area contributed by atoms with E-state index in [-0.39, 0.29) is 22.8 Å². The fraction of sp³-hybridized carbons (Fsp3) is 0.538. The smallest absolute Gasteiger partial charge is 0.150 e. The number of hydrogen-bond acceptors (Lipinski definition) is 3. The second kappa shape index (κ2) is 4.83. The van der Waals surface area contributed by atoms with Gasteiger partial charge in [0, 0.05) is 17.0 Å². The highest BCUT2D eigenvalue weighted by Gasteiger charge is 2.35. The number of hydrogen-bond donors (Lipinski definition) is 0. The molecule has 19 heavy (non-hydrogen) atoms. The van der Waals surface area contributed by atoms with Gasteiger partial charge >= 0.3 is 0 Å². The molecular formula is C13H14Cl2O3S. The van der Waals surface area contributed by atoms with Crippen LogP contribution in [-0.2, 0) is 16.3 Å². The van der Waals surface area contributed by atoms with Gasteiger partial charge in [0.05, 0.1) is 23.5 Å². The highest BCUT2D eigenvalue weighted by molar-refractivity contribution is 7.91. The van der Waals surface area contributed by atoms with E-state index in [4.69, 9.17) is 27.9 Å². The first kappa shape index (κ1) is 13.5. The molecule has 0 spiro atoms. The lowest BCUT2D eigenvalue weighted by Crippen LogP contribution is -2.11. The summed E-state index contributed by atoms with van der Waals surface area (Å²) in [7, 11) is -2.93. The molecule has 0 bridgehead atoms. The van der Waals surface area contributed by atoms with Crippen LogP contribution in [0.15, 0.2) is 12.1 Å². The van der Waals surface area contributed by atoms with Gasteiger partial charge < -0.3 is 4.74 Å². The molecule has 0 radical (unpaired) electrons. The lowest BCUT2D eigenvalue weighted by atomic mass is 9.96. The van der Waals surface area contributed by atoms with Crippen LogP contribution < -0.4 is 4.74 Å². The van der Waals surface area contributed by atoms with Gasteiger partial charge in [-0.1, -0.05) is 11.6 Å². The Labute approximate surface area is 122 Å². The van der Waals surface area contributed by atoms with Gasteiger partial charge in [-0.2, -0.15) is 0 Å². The maximum atomic E-state index is 11.6. The Morgan fingerprint density at radius 1 is 1.37 bits per heavy atom. The SMILES string of the molecule is O=S1(=O)CCC(C(Cl)c2cc(Cl)cc3c2OCC3)C1. The average molecular weight is 321 g/mol. The molecule has 0 N–H and O–H groups in total. The third-order valence-electron chi connectivity index (χ3n) is 3.76. The first-order valence-corrected chi connectivity index (χ1v) is 8.89. The van der Waals surface area contributed by atoms with Crippen molar-refractivity contribution >= 4 is 33.0 Å². The highest BCUT2D eigenvalue weighted by Crippen LogP contribution is 2.44. The summed E-state index contributed by atoms with van der Waals surface area (Å²) in [6, 6.07) is 3.69. The standard InChI is InChI=1S/C13H14Cl2O3S/c14-10-5-8-1-3-18-13(8)11(6-10)12(15)9-2-4-19(16,17)7-9/h5-6,9,12H,1-4,7H2. The minimum Gasteiger partial charge on any atom is -0.493 e. The van der Waals surface area contributed by atoms with E-state index in [2.05, 4.69) is 0 Å². The molecule has 2 atom stereocenters. The molecule has 3 nitrogen and oxygen atoms in total. The predicted molar refractivity (Wildman–Crippen MR) is 76.0 cm³/mol. The molecule has 0 aliphatic carbocycles. The van der Waals surface area contributed by atoms with Gasteiger partial charge in [0.15, 0.2) is 9.84 Å². The molecule has 1 saturated heterocycles. The van der Waals surface area contributed by atoms with Gasteiger partial charge in [-0.15, -0.1) is 11.6 Å². The molecule has 2 unspecified atom stereocenters. The number of rotatable bonds is 2. The molecule has 104 valence electrons. The first-order valence-electron chi connectivity index (χ1n) is 6.26. The van der Waals surface area contributed by atoms with Crippen LogP contribution >= 0.6 is 23.2 Å². The lowest BCUT2D eigenvalue weighted by molar-refractivity contribution is 0.351. The Bertz CT molecular complexity index is 613. The molecule has 1 aromatic carbocycles. The first-order chi connectivity index (χ1) is 8.96. The van der Waals surface area contributed by atoms with Gasteiger partial charge in [0.2, 0.25) is 0 Å². The van der Waals surface area contributed by atoms with Crippen molar-refractivity contribution in [2.75, 3.05) is 18.1 Å². The van der Waals surface area contributed by atoms with E-state index in [1.807, 2.05) is 6.07 Å². The Morgan fingerprint density at radius 2 is 2.16 bits per heavy atom. The van der Waals surface area contributed by atoms with Crippen molar-refractivity contribution in [3.63, 3.8) is 0 Å². The number of fused-ring (bicyclic) bond motifs is 1. The molecule has 0 amide bonds. The summed E-state index contributed by atoms with van der Waals surface area (Å²) in [6.45, 7) is 0.634. The number of ether oxygens (including phenoxy) is 1. The molecule has 2 aliphatic rings. The number of halogens is 2. The van der Waals surface area contributed by atoms with Crippen LogP contribution in [0.2, 0.25) is 5.02 Å². The van der Waals surface area contributed by atoms with Crippen molar-refractivity contribution in [1.29, 1.82) is 0 Å². The molecule has 2 aliphatic heterocycles. The summed E-state index contributed by atoms with van der Waals surface area (Å²) in [5, 5.41) is 0.272. The van der Waals surface area contributed by atoms with E-state index >= 15 is 0 Å². The lowest BCUT2D eigenvalue weighted by Gasteiger charge is -2.19. The Morgan fingerprint density at radius 3 is 2.84 bits per heavy atom. The van der Waals surface area contributed by atoms with Crippen molar-refractivity contribution in [3.8, 4) is 5.75 Å². The van der Waals surface area contributed by atoms with E-state index in [9.17, 15) is 8.42 Å². The van der Waals surface area contributed by atoms with Gasteiger partial charge in [-0.05, 0) is 30.0 Å². The van der Waals surface area contributed by atoms with Gasteiger partial charge in [-0.3, -0.25) is 0 Å². The quantitative estimate of drug-likeness (QED) is 0.787. The largest absolute Gasteiger partial charge is 0.493 e. The monoisotopic (exact) mass is 320 g/mol. The zero-order chi connectivity index (χ0) is 13.6. The molecule has 1 aromatic rings. The van der Waals surface area contributed by atoms with Crippen LogP contribution in [0.1, 0.15) is 22.9 Å². The molecule has 6 heteroatoms. The Kier molecular flexibility index (Phi) is 3.44. The molecule has 2 heterocycles. The van der Waals surface area contributed by atoms with Crippen LogP contribution in [0.4, 0.5) is 0 Å². The summed E-state index contributed by atoms with van der Waals surface area (Å²) in [6.07, 6.45) is 1.44. The molecule has 3 rings (SSSR count). The fourth-order valence-electron chi connectivity index (χ4n) is 2.81. The Balaban J connectivity index is 1.94. The third-order valence-corrected chi connectivity index (χ3v) is 6.36. The van der Waals surface area contributed by atoms with Crippen molar-refractivity contribution in [3.05, 3.63) is 28.3 Å². The second-order valence-corrected chi connectivity index (χ2v) is 8.28. The minimum absolute atomic E-state index is 0.0570. The normalized spacial score (nSPS) is 25.9. The third kappa shape index (κ3) is 2.58. The molecule has 1 fully saturated rings. The van der Waals surface area contributed by atoms with Crippen molar-refractivity contribution in [2.24, 2.45) is 5.92 Å². The zero-order valence-corrected chi connectivity index (χ0v) is 12.6. The summed E-state index contributed by atoms with van der Waals surface area (Å²) in [5.41, 5.74) is 1.90. The van der Waals surface area contributed by atoms with E-state index in [1.165, 1.54) is 0 Å². The van der Waals surface area contributed by atoms with Crippen LogP contribution in [0.25, 0.3) is 0 Å². The maximum Gasteiger partial charge on any atom is 0.150 e. The van der Waals surface area contributed by atoms with Gasteiger partial charge in [0.1, 0.15) is 5.75 Å². The summed E-state index contributed by atoms with van der Waals surface area (Å²) in [4.78, 5) is 0. The maximum absolute atomic E-state index is 11.6. The molecule has 0 aromatic heterocycles. The van der Waals surface area contributed by atoms with E-state index in [1.54, 1.807) is 6.07 Å². The van der Waals surface area contributed by atoms with Gasteiger partial charge in [-0.25, -0.2) is 8.42 Å². The molecule has 0 saturated carbocycles. The summed E-state index contributed by atoms with van der Waals surface area (Å²) < 4.78 is 28.7. The fourth-order valence-corrected chi connectivity index (χ4v) is 5.38. The minimum atomic E-state index is -2.93. The number of benzene rings is 1. The van der Waals surface area contributed by atoms with Crippen LogP contribution in [0, 0.1) is 5.92 Å². The zero-order valence-electron chi connectivity index (χ0n) is 10.2. The van der Waals surface area contributed by atoms with Gasteiger partial charge in [0.25, 0.3) is 0 Å². The number of alkyl halides is 1. The summed E-state index contributed by atoms with van der Waals surface area (Å²) in [5.74, 6) is 1.12. The summed E-state index contributed by atoms with van der Waals surface area (Å²) >= 11 is 12.6. The van der Waals surface area contributed by atoms with Crippen molar-refractivity contribution < 1.29 is 13.2 Å². The van der Waals surface area contributed by atoms with E-state index in [0.29, 0.717) is 18.1 Å². The average Bonchev–Trinajstić information content (AvgIpc) is 2.93. The van der Waals surface area contributed by atoms with Crippen molar-refractivity contribution in [1.82, 2.24) is 0 Å². The highest BCUT2D eigenvalue weighted by atomic mass is 35.5. The van der Waals surface area contributed by atoms with E-state index in [0.717, 1.165) is 23.3 Å². The number of sulfone groups is 1. The molecular weight excluding hydrogens is 307 g/mol.